The molecule has 0 bridgehead atoms. The van der Waals surface area contributed by atoms with Crippen molar-refractivity contribution in [1.82, 2.24) is 15.2 Å². The van der Waals surface area contributed by atoms with E-state index in [9.17, 15) is 0 Å². The average molecular weight is 283 g/mol. The van der Waals surface area contributed by atoms with Crippen LogP contribution in [0, 0.1) is 0 Å². The monoisotopic (exact) mass is 283 g/mol. The first-order valence-electron chi connectivity index (χ1n) is 6.67. The van der Waals surface area contributed by atoms with E-state index in [0.29, 0.717) is 0 Å². The van der Waals surface area contributed by atoms with E-state index in [-0.39, 0.29) is 5.41 Å². The van der Waals surface area contributed by atoms with Gasteiger partial charge in [0.15, 0.2) is 0 Å². The van der Waals surface area contributed by atoms with Gasteiger partial charge in [0.2, 0.25) is 0 Å². The Morgan fingerprint density at radius 2 is 1.90 bits per heavy atom. The Labute approximate surface area is 124 Å². The van der Waals surface area contributed by atoms with E-state index in [4.69, 9.17) is 12.2 Å². The molecule has 1 atom stereocenters. The van der Waals surface area contributed by atoms with Crippen LogP contribution in [0.15, 0.2) is 54.7 Å². The summed E-state index contributed by atoms with van der Waals surface area (Å²) in [4.78, 5) is 7.66. The van der Waals surface area contributed by atoms with Gasteiger partial charge < -0.3 is 5.32 Å². The van der Waals surface area contributed by atoms with Gasteiger partial charge in [-0.3, -0.25) is 9.88 Å². The molecule has 102 valence electrons. The second-order valence-corrected chi connectivity index (χ2v) is 5.57. The molecular weight excluding hydrogens is 266 g/mol. The van der Waals surface area contributed by atoms with Gasteiger partial charge in [-0.2, -0.15) is 0 Å². The molecule has 3 rings (SSSR count). The maximum Gasteiger partial charge on any atom is 0.100 e. The molecule has 1 unspecified atom stereocenters. The topological polar surface area (TPSA) is 28.2 Å². The SMILES string of the molecule is CN1CNC(=S)C(c2ccccc2)(c2ccccn2)C1. The molecule has 1 aromatic carbocycles. The zero-order valence-corrected chi connectivity index (χ0v) is 12.2. The first-order chi connectivity index (χ1) is 9.73. The minimum Gasteiger partial charge on any atom is -0.366 e. The summed E-state index contributed by atoms with van der Waals surface area (Å²) >= 11 is 5.68. The van der Waals surface area contributed by atoms with Crippen LogP contribution in [-0.4, -0.2) is 35.1 Å². The third kappa shape index (κ3) is 2.11. The minimum absolute atomic E-state index is 0.370. The minimum atomic E-state index is -0.370. The number of nitrogens with one attached hydrogen (secondary N) is 1. The Morgan fingerprint density at radius 3 is 2.60 bits per heavy atom. The molecule has 1 aliphatic rings. The van der Waals surface area contributed by atoms with Crippen LogP contribution >= 0.6 is 12.2 Å². The summed E-state index contributed by atoms with van der Waals surface area (Å²) in [5.74, 6) is 0. The Bertz CT molecular complexity index is 558. The number of thiocarbonyl (C=S) groups is 1. The van der Waals surface area contributed by atoms with Crippen molar-refractivity contribution >= 4 is 17.2 Å². The maximum atomic E-state index is 5.68. The molecule has 4 heteroatoms. The lowest BCUT2D eigenvalue weighted by atomic mass is 9.75. The van der Waals surface area contributed by atoms with E-state index in [2.05, 4.69) is 52.6 Å². The smallest absolute Gasteiger partial charge is 0.100 e. The van der Waals surface area contributed by atoms with Gasteiger partial charge in [0.05, 0.1) is 17.4 Å². The highest BCUT2D eigenvalue weighted by molar-refractivity contribution is 7.80. The van der Waals surface area contributed by atoms with Crippen LogP contribution in [-0.2, 0) is 5.41 Å². The zero-order valence-electron chi connectivity index (χ0n) is 11.4. The summed E-state index contributed by atoms with van der Waals surface area (Å²) in [5, 5.41) is 3.34. The van der Waals surface area contributed by atoms with Crippen molar-refractivity contribution in [2.45, 2.75) is 5.41 Å². The molecule has 1 aromatic heterocycles. The van der Waals surface area contributed by atoms with Crippen LogP contribution in [0.1, 0.15) is 11.3 Å². The maximum absolute atomic E-state index is 5.68. The normalized spacial score (nSPS) is 23.4. The van der Waals surface area contributed by atoms with E-state index >= 15 is 0 Å². The van der Waals surface area contributed by atoms with E-state index in [1.54, 1.807) is 0 Å². The van der Waals surface area contributed by atoms with Crippen molar-refractivity contribution in [1.29, 1.82) is 0 Å². The summed E-state index contributed by atoms with van der Waals surface area (Å²) in [5.41, 5.74) is 1.81. The lowest BCUT2D eigenvalue weighted by molar-refractivity contribution is 0.268. The summed E-state index contributed by atoms with van der Waals surface area (Å²) in [6.45, 7) is 1.61. The Balaban J connectivity index is 2.20. The third-order valence-electron chi connectivity index (χ3n) is 3.77. The second-order valence-electron chi connectivity index (χ2n) is 5.16. The molecule has 2 aromatic rings. The number of likely N-dealkylation sites (N-methyl/N-ethyl adjacent to an activating group) is 1. The van der Waals surface area contributed by atoms with Crippen molar-refractivity contribution in [3.63, 3.8) is 0 Å². The first kappa shape index (κ1) is 13.2. The van der Waals surface area contributed by atoms with Gasteiger partial charge >= 0.3 is 0 Å². The summed E-state index contributed by atoms with van der Waals surface area (Å²) in [6.07, 6.45) is 1.83. The van der Waals surface area contributed by atoms with E-state index in [1.807, 2.05) is 24.4 Å². The molecule has 1 aliphatic heterocycles. The van der Waals surface area contributed by atoms with Crippen LogP contribution in [0.5, 0.6) is 0 Å². The molecule has 2 heterocycles. The van der Waals surface area contributed by atoms with Crippen molar-refractivity contribution in [2.24, 2.45) is 0 Å². The first-order valence-corrected chi connectivity index (χ1v) is 7.08. The number of hydrogen-bond acceptors (Lipinski definition) is 3. The molecule has 1 saturated heterocycles. The standard InChI is InChI=1S/C16H17N3S/c1-19-11-16(15(20)18-12-19,13-7-3-2-4-8-13)14-9-5-6-10-17-14/h2-10H,11-12H2,1H3,(H,18,20). The second kappa shape index (κ2) is 5.31. The van der Waals surface area contributed by atoms with E-state index < -0.39 is 0 Å². The van der Waals surface area contributed by atoms with Crippen LogP contribution < -0.4 is 5.32 Å². The fraction of sp³-hybridized carbons (Fsp3) is 0.250. The highest BCUT2D eigenvalue weighted by Gasteiger charge is 2.43. The summed E-state index contributed by atoms with van der Waals surface area (Å²) < 4.78 is 0. The summed E-state index contributed by atoms with van der Waals surface area (Å²) in [6, 6.07) is 16.4. The summed E-state index contributed by atoms with van der Waals surface area (Å²) in [7, 11) is 2.09. The fourth-order valence-electron chi connectivity index (χ4n) is 2.80. The van der Waals surface area contributed by atoms with Crippen molar-refractivity contribution in [2.75, 3.05) is 20.3 Å². The molecule has 3 nitrogen and oxygen atoms in total. The number of pyridine rings is 1. The Hall–Kier alpha value is -1.78. The molecule has 0 radical (unpaired) electrons. The average Bonchev–Trinajstić information content (AvgIpc) is 2.51. The van der Waals surface area contributed by atoms with Crippen LogP contribution in [0.4, 0.5) is 0 Å². The van der Waals surface area contributed by atoms with Crippen molar-refractivity contribution < 1.29 is 0 Å². The molecule has 0 spiro atoms. The van der Waals surface area contributed by atoms with Crippen LogP contribution in [0.3, 0.4) is 0 Å². The van der Waals surface area contributed by atoms with E-state index in [1.165, 1.54) is 5.56 Å². The number of hydrogen-bond donors (Lipinski definition) is 1. The quantitative estimate of drug-likeness (QED) is 0.855. The predicted molar refractivity (Wildman–Crippen MR) is 84.7 cm³/mol. The molecule has 0 aliphatic carbocycles. The highest BCUT2D eigenvalue weighted by Crippen LogP contribution is 2.34. The van der Waals surface area contributed by atoms with Gasteiger partial charge in [-0.25, -0.2) is 0 Å². The number of rotatable bonds is 2. The number of benzene rings is 1. The van der Waals surface area contributed by atoms with Gasteiger partial charge in [-0.05, 0) is 24.7 Å². The van der Waals surface area contributed by atoms with Gasteiger partial charge in [-0.1, -0.05) is 48.6 Å². The van der Waals surface area contributed by atoms with Gasteiger partial charge in [0.1, 0.15) is 5.41 Å². The largest absolute Gasteiger partial charge is 0.366 e. The predicted octanol–water partition coefficient (Wildman–Crippen LogP) is 2.19. The van der Waals surface area contributed by atoms with Crippen LogP contribution in [0.2, 0.25) is 0 Å². The molecule has 0 saturated carbocycles. The van der Waals surface area contributed by atoms with Gasteiger partial charge in [0, 0.05) is 12.7 Å². The molecule has 1 fully saturated rings. The number of nitrogens with zero attached hydrogens (tertiary/aromatic N) is 2. The molecule has 20 heavy (non-hydrogen) atoms. The third-order valence-corrected chi connectivity index (χ3v) is 4.27. The van der Waals surface area contributed by atoms with Crippen molar-refractivity contribution in [3.8, 4) is 0 Å². The Kier molecular flexibility index (Phi) is 3.51. The fourth-order valence-corrected chi connectivity index (χ4v) is 3.15. The highest BCUT2D eigenvalue weighted by atomic mass is 32.1. The number of aromatic nitrogens is 1. The lowest BCUT2D eigenvalue weighted by Gasteiger charge is -2.42. The van der Waals surface area contributed by atoms with Crippen LogP contribution in [0.25, 0.3) is 0 Å². The van der Waals surface area contributed by atoms with Gasteiger partial charge in [-0.15, -0.1) is 0 Å². The molecular formula is C16H17N3S. The lowest BCUT2D eigenvalue weighted by Crippen LogP contribution is -2.59. The molecule has 1 N–H and O–H groups in total. The van der Waals surface area contributed by atoms with E-state index in [0.717, 1.165) is 23.9 Å². The van der Waals surface area contributed by atoms with Crippen molar-refractivity contribution in [3.05, 3.63) is 66.0 Å². The Morgan fingerprint density at radius 1 is 1.15 bits per heavy atom. The zero-order chi connectivity index (χ0) is 14.0. The molecule has 0 amide bonds. The van der Waals surface area contributed by atoms with Gasteiger partial charge in [0.25, 0.3) is 0 Å².